The van der Waals surface area contributed by atoms with Crippen molar-refractivity contribution in [2.24, 2.45) is 5.92 Å². The number of carbonyl (C=O) groups is 2. The van der Waals surface area contributed by atoms with Gasteiger partial charge in [-0.1, -0.05) is 12.8 Å². The molecule has 2 aliphatic heterocycles. The Hall–Kier alpha value is -2.08. The molecule has 27 heavy (non-hydrogen) atoms. The molecule has 6 heteroatoms. The van der Waals surface area contributed by atoms with Gasteiger partial charge in [-0.3, -0.25) is 4.79 Å². The third-order valence-electron chi connectivity index (χ3n) is 6.17. The summed E-state index contributed by atoms with van der Waals surface area (Å²) in [5.41, 5.74) is 0.525. The fourth-order valence-electron chi connectivity index (χ4n) is 4.78. The maximum Gasteiger partial charge on any atom is 0.326 e. The molecule has 6 nitrogen and oxygen atoms in total. The van der Waals surface area contributed by atoms with Gasteiger partial charge in [-0.15, -0.1) is 0 Å². The van der Waals surface area contributed by atoms with Crippen LogP contribution in [0.5, 0.6) is 5.75 Å². The van der Waals surface area contributed by atoms with Gasteiger partial charge < -0.3 is 19.5 Å². The Morgan fingerprint density at radius 3 is 2.59 bits per heavy atom. The monoisotopic (exact) mass is 373 g/mol. The molecule has 2 heterocycles. The van der Waals surface area contributed by atoms with Gasteiger partial charge in [0.2, 0.25) is 0 Å². The van der Waals surface area contributed by atoms with Crippen molar-refractivity contribution < 1.29 is 24.2 Å². The van der Waals surface area contributed by atoms with Crippen molar-refractivity contribution >= 4 is 11.9 Å². The zero-order chi connectivity index (χ0) is 18.8. The number of rotatable bonds is 5. The van der Waals surface area contributed by atoms with Crippen LogP contribution in [0.15, 0.2) is 24.3 Å². The lowest BCUT2D eigenvalue weighted by molar-refractivity contribution is -0.141. The van der Waals surface area contributed by atoms with Crippen LogP contribution in [0, 0.1) is 5.92 Å². The van der Waals surface area contributed by atoms with Gasteiger partial charge in [0.05, 0.1) is 6.10 Å². The highest BCUT2D eigenvalue weighted by Crippen LogP contribution is 2.40. The van der Waals surface area contributed by atoms with Gasteiger partial charge in [-0.2, -0.15) is 0 Å². The number of nitrogens with zero attached hydrogens (tertiary/aromatic N) is 1. The number of hydrogen-bond acceptors (Lipinski definition) is 4. The average Bonchev–Trinajstić information content (AvgIpc) is 3.34. The van der Waals surface area contributed by atoms with E-state index in [0.29, 0.717) is 30.3 Å². The SMILES string of the molecule is O=C(O)C1CC2CCCCC2N1C(=O)c1ccc(OCC2CCCO2)cc1. The first-order valence-electron chi connectivity index (χ1n) is 10.0. The van der Waals surface area contributed by atoms with Gasteiger partial charge in [-0.25, -0.2) is 4.79 Å². The van der Waals surface area contributed by atoms with Crippen molar-refractivity contribution in [3.8, 4) is 5.75 Å². The number of carboxylic acid groups (broad SMARTS) is 1. The number of benzene rings is 1. The highest BCUT2D eigenvalue weighted by atomic mass is 16.5. The molecule has 0 radical (unpaired) electrons. The number of carboxylic acids is 1. The number of amides is 1. The van der Waals surface area contributed by atoms with Gasteiger partial charge >= 0.3 is 5.97 Å². The first kappa shape index (κ1) is 18.3. The fourth-order valence-corrected chi connectivity index (χ4v) is 4.78. The molecule has 146 valence electrons. The van der Waals surface area contributed by atoms with Gasteiger partial charge in [0.1, 0.15) is 18.4 Å². The quantitative estimate of drug-likeness (QED) is 0.858. The third kappa shape index (κ3) is 3.81. The van der Waals surface area contributed by atoms with E-state index in [1.54, 1.807) is 29.2 Å². The molecule has 3 fully saturated rings. The summed E-state index contributed by atoms with van der Waals surface area (Å²) < 4.78 is 11.3. The number of likely N-dealkylation sites (tertiary alicyclic amines) is 1. The van der Waals surface area contributed by atoms with E-state index in [4.69, 9.17) is 9.47 Å². The van der Waals surface area contributed by atoms with Crippen LogP contribution in [-0.4, -0.2) is 53.3 Å². The second kappa shape index (κ2) is 7.89. The first-order valence-corrected chi connectivity index (χ1v) is 10.0. The molecule has 1 aromatic carbocycles. The van der Waals surface area contributed by atoms with Crippen LogP contribution >= 0.6 is 0 Å². The average molecular weight is 373 g/mol. The molecule has 4 atom stereocenters. The van der Waals surface area contributed by atoms with Crippen LogP contribution in [0.2, 0.25) is 0 Å². The molecule has 4 rings (SSSR count). The molecule has 1 aromatic rings. The molecule has 1 amide bonds. The lowest BCUT2D eigenvalue weighted by atomic mass is 9.84. The summed E-state index contributed by atoms with van der Waals surface area (Å²) in [6.45, 7) is 1.31. The van der Waals surface area contributed by atoms with E-state index >= 15 is 0 Å². The van der Waals surface area contributed by atoms with Crippen LogP contribution < -0.4 is 4.74 Å². The minimum atomic E-state index is -0.894. The van der Waals surface area contributed by atoms with E-state index in [-0.39, 0.29) is 18.1 Å². The van der Waals surface area contributed by atoms with Crippen LogP contribution in [0.25, 0.3) is 0 Å². The molecule has 3 aliphatic rings. The molecule has 4 unspecified atom stereocenters. The highest BCUT2D eigenvalue weighted by molar-refractivity contribution is 5.97. The molecular formula is C21H27NO5. The minimum absolute atomic E-state index is 0.0581. The summed E-state index contributed by atoms with van der Waals surface area (Å²) in [5.74, 6) is -0.0524. The third-order valence-corrected chi connectivity index (χ3v) is 6.17. The Morgan fingerprint density at radius 1 is 1.11 bits per heavy atom. The molecule has 2 saturated heterocycles. The lowest BCUT2D eigenvalue weighted by Gasteiger charge is -2.33. The van der Waals surface area contributed by atoms with Crippen molar-refractivity contribution in [1.29, 1.82) is 0 Å². The highest BCUT2D eigenvalue weighted by Gasteiger charge is 2.47. The van der Waals surface area contributed by atoms with Crippen LogP contribution in [0.4, 0.5) is 0 Å². The number of hydrogen-bond donors (Lipinski definition) is 1. The largest absolute Gasteiger partial charge is 0.491 e. The Balaban J connectivity index is 1.45. The number of fused-ring (bicyclic) bond motifs is 1. The number of carbonyl (C=O) groups excluding carboxylic acids is 1. The van der Waals surface area contributed by atoms with E-state index < -0.39 is 12.0 Å². The van der Waals surface area contributed by atoms with Crippen molar-refractivity contribution in [1.82, 2.24) is 4.90 Å². The summed E-state index contributed by atoms with van der Waals surface area (Å²) in [5, 5.41) is 9.62. The van der Waals surface area contributed by atoms with E-state index in [0.717, 1.165) is 45.1 Å². The predicted octanol–water partition coefficient (Wildman–Crippen LogP) is 3.10. The van der Waals surface area contributed by atoms with Crippen molar-refractivity contribution in [2.75, 3.05) is 13.2 Å². The van der Waals surface area contributed by atoms with E-state index in [2.05, 4.69) is 0 Å². The van der Waals surface area contributed by atoms with Crippen LogP contribution in [-0.2, 0) is 9.53 Å². The molecule has 1 N–H and O–H groups in total. The zero-order valence-corrected chi connectivity index (χ0v) is 15.5. The molecular weight excluding hydrogens is 346 g/mol. The van der Waals surface area contributed by atoms with Crippen LogP contribution in [0.3, 0.4) is 0 Å². The minimum Gasteiger partial charge on any atom is -0.491 e. The lowest BCUT2D eigenvalue weighted by Crippen LogP contribution is -2.46. The van der Waals surface area contributed by atoms with Gasteiger partial charge in [-0.05, 0) is 62.3 Å². The second-order valence-corrected chi connectivity index (χ2v) is 7.88. The van der Waals surface area contributed by atoms with Crippen LogP contribution in [0.1, 0.15) is 55.3 Å². The van der Waals surface area contributed by atoms with Gasteiger partial charge in [0, 0.05) is 18.2 Å². The van der Waals surface area contributed by atoms with Crippen molar-refractivity contribution in [3.63, 3.8) is 0 Å². The smallest absolute Gasteiger partial charge is 0.326 e. The standard InChI is InChI=1S/C21H27NO5/c23-20(22-18-6-2-1-4-15(18)12-19(22)21(24)25)14-7-9-16(10-8-14)27-13-17-5-3-11-26-17/h7-10,15,17-19H,1-6,11-13H2,(H,24,25). The normalized spacial score (nSPS) is 30.1. The Morgan fingerprint density at radius 2 is 1.89 bits per heavy atom. The summed E-state index contributed by atoms with van der Waals surface area (Å²) in [4.78, 5) is 26.5. The molecule has 1 aliphatic carbocycles. The van der Waals surface area contributed by atoms with Crippen molar-refractivity contribution in [3.05, 3.63) is 29.8 Å². The molecule has 0 aromatic heterocycles. The Bertz CT molecular complexity index is 682. The first-order chi connectivity index (χ1) is 13.1. The summed E-state index contributed by atoms with van der Waals surface area (Å²) in [7, 11) is 0. The molecule has 0 spiro atoms. The van der Waals surface area contributed by atoms with E-state index in [1.165, 1.54) is 0 Å². The topological polar surface area (TPSA) is 76.1 Å². The summed E-state index contributed by atoms with van der Waals surface area (Å²) in [6, 6.07) is 6.40. The number of ether oxygens (including phenoxy) is 2. The Labute approximate surface area is 159 Å². The second-order valence-electron chi connectivity index (χ2n) is 7.88. The summed E-state index contributed by atoms with van der Waals surface area (Å²) in [6.07, 6.45) is 6.94. The maximum absolute atomic E-state index is 13.1. The van der Waals surface area contributed by atoms with E-state index in [1.807, 2.05) is 0 Å². The zero-order valence-electron chi connectivity index (χ0n) is 15.5. The summed E-state index contributed by atoms with van der Waals surface area (Å²) >= 11 is 0. The van der Waals surface area contributed by atoms with Crippen molar-refractivity contribution in [2.45, 2.75) is 63.1 Å². The maximum atomic E-state index is 13.1. The molecule has 0 bridgehead atoms. The van der Waals surface area contributed by atoms with Gasteiger partial charge in [0.15, 0.2) is 0 Å². The Kier molecular flexibility index (Phi) is 5.34. The van der Waals surface area contributed by atoms with Gasteiger partial charge in [0.25, 0.3) is 5.91 Å². The number of aliphatic carboxylic acids is 1. The predicted molar refractivity (Wildman–Crippen MR) is 98.9 cm³/mol. The van der Waals surface area contributed by atoms with E-state index in [9.17, 15) is 14.7 Å². The molecule has 1 saturated carbocycles. The fraction of sp³-hybridized carbons (Fsp3) is 0.619.